The van der Waals surface area contributed by atoms with Gasteiger partial charge in [-0.2, -0.15) is 0 Å². The highest BCUT2D eigenvalue weighted by atomic mass is 35.5. The van der Waals surface area contributed by atoms with Gasteiger partial charge in [0.1, 0.15) is 17.6 Å². The topological polar surface area (TPSA) is 29.5 Å². The molecule has 124 valence electrons. The molecular weight excluding hydrogens is 308 g/mol. The van der Waals surface area contributed by atoms with E-state index >= 15 is 0 Å². The molecule has 0 fully saturated rings. The van der Waals surface area contributed by atoms with E-state index in [0.29, 0.717) is 22.3 Å². The molecule has 1 aromatic rings. The first-order chi connectivity index (χ1) is 10.9. The van der Waals surface area contributed by atoms with Gasteiger partial charge in [0.05, 0.1) is 10.6 Å². The summed E-state index contributed by atoms with van der Waals surface area (Å²) >= 11 is 6.09. The van der Waals surface area contributed by atoms with E-state index in [4.69, 9.17) is 16.3 Å². The smallest absolute Gasteiger partial charge is 0.132 e. The molecule has 1 aromatic carbocycles. The van der Waals surface area contributed by atoms with Crippen LogP contribution in [-0.2, 0) is 0 Å². The highest BCUT2D eigenvalue weighted by Crippen LogP contribution is 2.32. The minimum Gasteiger partial charge on any atom is -0.508 e. The third kappa shape index (κ3) is 5.99. The maximum absolute atomic E-state index is 9.68. The van der Waals surface area contributed by atoms with Crippen molar-refractivity contribution in [3.05, 3.63) is 71.8 Å². The lowest BCUT2D eigenvalue weighted by Crippen LogP contribution is -2.14. The van der Waals surface area contributed by atoms with Gasteiger partial charge in [0.15, 0.2) is 0 Å². The molecule has 1 N–H and O–H groups in total. The molecule has 0 radical (unpaired) electrons. The molecule has 3 heteroatoms. The summed E-state index contributed by atoms with van der Waals surface area (Å²) in [5.41, 5.74) is 1.24. The van der Waals surface area contributed by atoms with Crippen LogP contribution in [0.2, 0.25) is 5.02 Å². The molecule has 0 saturated heterocycles. The van der Waals surface area contributed by atoms with Crippen LogP contribution >= 0.6 is 11.6 Å². The predicted molar refractivity (Wildman–Crippen MR) is 100 cm³/mol. The molecule has 0 aromatic heterocycles. The van der Waals surface area contributed by atoms with Gasteiger partial charge in [-0.05, 0) is 30.5 Å². The van der Waals surface area contributed by atoms with Gasteiger partial charge in [-0.25, -0.2) is 0 Å². The van der Waals surface area contributed by atoms with E-state index in [9.17, 15) is 5.11 Å². The molecule has 0 amide bonds. The van der Waals surface area contributed by atoms with Crippen molar-refractivity contribution >= 4 is 17.4 Å². The maximum Gasteiger partial charge on any atom is 0.132 e. The Hall–Kier alpha value is -1.93. The number of hydrogen-bond donors (Lipinski definition) is 1. The molecule has 2 nitrogen and oxygen atoms in total. The quantitative estimate of drug-likeness (QED) is 0.444. The van der Waals surface area contributed by atoms with Crippen LogP contribution < -0.4 is 4.74 Å². The molecule has 0 heterocycles. The van der Waals surface area contributed by atoms with Gasteiger partial charge in [-0.1, -0.05) is 75.4 Å². The van der Waals surface area contributed by atoms with E-state index in [1.165, 1.54) is 0 Å². The minimum absolute atomic E-state index is 0.115. The molecular formula is C20H25ClO2. The first-order valence-corrected chi connectivity index (χ1v) is 8.11. The van der Waals surface area contributed by atoms with Crippen LogP contribution in [0.25, 0.3) is 5.76 Å². The second-order valence-electron chi connectivity index (χ2n) is 5.52. The van der Waals surface area contributed by atoms with E-state index in [1.54, 1.807) is 18.2 Å². The Kier molecular flexibility index (Phi) is 7.70. The third-order valence-electron chi connectivity index (χ3n) is 3.59. The number of aliphatic hydroxyl groups is 1. The first-order valence-electron chi connectivity index (χ1n) is 7.73. The Bertz CT molecular complexity index is 614. The summed E-state index contributed by atoms with van der Waals surface area (Å²) < 4.78 is 5.87. The van der Waals surface area contributed by atoms with Crippen molar-refractivity contribution in [3.8, 4) is 5.75 Å². The average Bonchev–Trinajstić information content (AvgIpc) is 2.50. The monoisotopic (exact) mass is 332 g/mol. The number of rotatable bonds is 8. The van der Waals surface area contributed by atoms with Crippen molar-refractivity contribution in [2.75, 3.05) is 0 Å². The number of allylic oxidation sites excluding steroid dienone is 3. The molecule has 0 saturated carbocycles. The molecule has 0 aliphatic rings. The largest absolute Gasteiger partial charge is 0.508 e. The second-order valence-corrected chi connectivity index (χ2v) is 5.93. The van der Waals surface area contributed by atoms with Gasteiger partial charge in [0, 0.05) is 0 Å². The fourth-order valence-electron chi connectivity index (χ4n) is 1.85. The standard InChI is InChI=1S/C20H25ClO2/c1-6-14(2)10-7-8-11-15(3)17(5)23-19-13-9-12-18(21)20(19)16(4)22/h7-14,17,22H,3-4,6H2,1-2,5H3/b10-7-,11-8-. The van der Waals surface area contributed by atoms with Gasteiger partial charge in [-0.15, -0.1) is 0 Å². The number of aliphatic hydroxyl groups excluding tert-OH is 1. The van der Waals surface area contributed by atoms with Crippen LogP contribution in [0.5, 0.6) is 5.75 Å². The highest BCUT2D eigenvalue weighted by molar-refractivity contribution is 6.32. The van der Waals surface area contributed by atoms with Gasteiger partial charge >= 0.3 is 0 Å². The second kappa shape index (κ2) is 9.26. The Morgan fingerprint density at radius 1 is 1.30 bits per heavy atom. The normalized spacial score (nSPS) is 14.1. The van der Waals surface area contributed by atoms with Crippen LogP contribution in [0.1, 0.15) is 32.8 Å². The Morgan fingerprint density at radius 2 is 2.00 bits per heavy atom. The summed E-state index contributed by atoms with van der Waals surface area (Å²) in [4.78, 5) is 0. The molecule has 0 aliphatic heterocycles. The zero-order valence-corrected chi connectivity index (χ0v) is 14.8. The summed E-state index contributed by atoms with van der Waals surface area (Å²) in [5.74, 6) is 0.934. The van der Waals surface area contributed by atoms with E-state index in [2.05, 4.69) is 33.1 Å². The Labute approximate surface area is 144 Å². The minimum atomic E-state index is -0.250. The summed E-state index contributed by atoms with van der Waals surface area (Å²) in [6, 6.07) is 5.20. The zero-order chi connectivity index (χ0) is 17.4. The van der Waals surface area contributed by atoms with Crippen molar-refractivity contribution in [1.82, 2.24) is 0 Å². The molecule has 0 aliphatic carbocycles. The fraction of sp³-hybridized carbons (Fsp3) is 0.300. The van der Waals surface area contributed by atoms with Crippen molar-refractivity contribution in [3.63, 3.8) is 0 Å². The molecule has 23 heavy (non-hydrogen) atoms. The lowest BCUT2D eigenvalue weighted by molar-refractivity contribution is 0.260. The van der Waals surface area contributed by atoms with Gasteiger partial charge in [0.25, 0.3) is 0 Å². The van der Waals surface area contributed by atoms with Gasteiger partial charge in [-0.3, -0.25) is 0 Å². The van der Waals surface area contributed by atoms with Gasteiger partial charge in [0.2, 0.25) is 0 Å². The number of ether oxygens (including phenoxy) is 1. The molecule has 2 unspecified atom stereocenters. The third-order valence-corrected chi connectivity index (χ3v) is 3.91. The van der Waals surface area contributed by atoms with Crippen LogP contribution in [0.3, 0.4) is 0 Å². The van der Waals surface area contributed by atoms with Gasteiger partial charge < -0.3 is 9.84 Å². The lowest BCUT2D eigenvalue weighted by atomic mass is 10.1. The Balaban J connectivity index is 2.77. The number of halogens is 1. The average molecular weight is 333 g/mol. The van der Waals surface area contributed by atoms with E-state index in [-0.39, 0.29) is 11.9 Å². The van der Waals surface area contributed by atoms with Crippen LogP contribution in [-0.4, -0.2) is 11.2 Å². The zero-order valence-electron chi connectivity index (χ0n) is 14.1. The first kappa shape index (κ1) is 19.1. The van der Waals surface area contributed by atoms with Crippen molar-refractivity contribution in [2.24, 2.45) is 5.92 Å². The molecule has 0 bridgehead atoms. The maximum atomic E-state index is 9.68. The summed E-state index contributed by atoms with van der Waals surface area (Å²) in [6.07, 6.45) is 8.92. The molecule has 0 spiro atoms. The summed E-state index contributed by atoms with van der Waals surface area (Å²) in [6.45, 7) is 13.8. The fourth-order valence-corrected chi connectivity index (χ4v) is 2.13. The number of benzene rings is 1. The summed E-state index contributed by atoms with van der Waals surface area (Å²) in [7, 11) is 0. The number of hydrogen-bond acceptors (Lipinski definition) is 2. The van der Waals surface area contributed by atoms with E-state index in [0.717, 1.165) is 12.0 Å². The Morgan fingerprint density at radius 3 is 2.61 bits per heavy atom. The van der Waals surface area contributed by atoms with Crippen LogP contribution in [0.4, 0.5) is 0 Å². The van der Waals surface area contributed by atoms with E-state index in [1.807, 2.05) is 25.2 Å². The summed E-state index contributed by atoms with van der Waals surface area (Å²) in [5, 5.41) is 10.1. The van der Waals surface area contributed by atoms with E-state index < -0.39 is 0 Å². The van der Waals surface area contributed by atoms with Crippen molar-refractivity contribution in [2.45, 2.75) is 33.3 Å². The van der Waals surface area contributed by atoms with Crippen LogP contribution in [0, 0.1) is 5.92 Å². The van der Waals surface area contributed by atoms with Crippen molar-refractivity contribution in [1.29, 1.82) is 0 Å². The molecule has 2 atom stereocenters. The SMILES string of the molecule is C=C(O)c1c(Cl)cccc1OC(C)C(=C)/C=C\C=C/C(C)CC. The lowest BCUT2D eigenvalue weighted by Gasteiger charge is -2.18. The predicted octanol–water partition coefficient (Wildman–Crippen LogP) is 6.35. The van der Waals surface area contributed by atoms with Crippen molar-refractivity contribution < 1.29 is 9.84 Å². The highest BCUT2D eigenvalue weighted by Gasteiger charge is 2.14. The van der Waals surface area contributed by atoms with Crippen LogP contribution in [0.15, 0.2) is 61.2 Å². The molecule has 1 rings (SSSR count).